The van der Waals surface area contributed by atoms with Crippen molar-refractivity contribution >= 4 is 5.91 Å². The second kappa shape index (κ2) is 7.81. The summed E-state index contributed by atoms with van der Waals surface area (Å²) in [6.45, 7) is 3.52. The van der Waals surface area contributed by atoms with E-state index in [9.17, 15) is 4.79 Å². The van der Waals surface area contributed by atoms with Crippen molar-refractivity contribution in [3.05, 3.63) is 35.9 Å². The first-order chi connectivity index (χ1) is 8.22. The smallest absolute Gasteiger partial charge is 0.217 e. The molecule has 1 aromatic rings. The Morgan fingerprint density at radius 1 is 1.35 bits per heavy atom. The van der Waals surface area contributed by atoms with Gasteiger partial charge in [0.05, 0.1) is 12.6 Å². The zero-order valence-corrected chi connectivity index (χ0v) is 10.4. The van der Waals surface area contributed by atoms with Crippen LogP contribution in [0.3, 0.4) is 0 Å². The Morgan fingerprint density at radius 3 is 2.65 bits per heavy atom. The molecule has 1 aromatic carbocycles. The number of carbonyl (C=O) groups excluding carboxylic acids is 1. The summed E-state index contributed by atoms with van der Waals surface area (Å²) in [5, 5.41) is 6.14. The fourth-order valence-electron chi connectivity index (χ4n) is 1.63. The zero-order chi connectivity index (χ0) is 12.5. The lowest BCUT2D eigenvalue weighted by Crippen LogP contribution is -2.43. The minimum atomic E-state index is -0.0337. The van der Waals surface area contributed by atoms with Gasteiger partial charge < -0.3 is 15.4 Å². The third-order valence-corrected chi connectivity index (χ3v) is 2.34. The Hall–Kier alpha value is -1.39. The fraction of sp³-hybridized carbons (Fsp3) is 0.462. The van der Waals surface area contributed by atoms with Crippen LogP contribution in [0.5, 0.6) is 0 Å². The van der Waals surface area contributed by atoms with Crippen LogP contribution in [0.4, 0.5) is 0 Å². The van der Waals surface area contributed by atoms with Crippen LogP contribution in [0.2, 0.25) is 0 Å². The second-order valence-corrected chi connectivity index (χ2v) is 3.97. The van der Waals surface area contributed by atoms with Gasteiger partial charge in [-0.1, -0.05) is 30.3 Å². The summed E-state index contributed by atoms with van der Waals surface area (Å²) in [6.07, 6.45) is 0. The van der Waals surface area contributed by atoms with Crippen molar-refractivity contribution in [2.24, 2.45) is 0 Å². The summed E-state index contributed by atoms with van der Waals surface area (Å²) in [7, 11) is 1.63. The molecule has 1 amide bonds. The minimum absolute atomic E-state index is 0.0150. The number of nitrogens with one attached hydrogen (secondary N) is 2. The van der Waals surface area contributed by atoms with Crippen LogP contribution in [-0.2, 0) is 16.1 Å². The van der Waals surface area contributed by atoms with E-state index in [2.05, 4.69) is 22.8 Å². The first-order valence-corrected chi connectivity index (χ1v) is 5.73. The highest BCUT2D eigenvalue weighted by atomic mass is 16.5. The molecule has 0 unspecified atom stereocenters. The van der Waals surface area contributed by atoms with Crippen LogP contribution in [-0.4, -0.2) is 32.2 Å². The van der Waals surface area contributed by atoms with Crippen molar-refractivity contribution in [1.82, 2.24) is 10.6 Å². The molecule has 0 aliphatic carbocycles. The molecule has 1 rings (SSSR count). The summed E-state index contributed by atoms with van der Waals surface area (Å²) in [5.74, 6) is -0.0337. The molecule has 0 aliphatic rings. The van der Waals surface area contributed by atoms with Crippen molar-refractivity contribution in [1.29, 1.82) is 0 Å². The highest BCUT2D eigenvalue weighted by molar-refractivity contribution is 5.73. The average molecular weight is 236 g/mol. The standard InChI is InChI=1S/C13H20N2O2/c1-11(16)15-13(10-17-2)9-14-8-12-6-4-3-5-7-12/h3-7,13-14H,8-10H2,1-2H3,(H,15,16)/t13-/m1/s1. The molecule has 4 nitrogen and oxygen atoms in total. The van der Waals surface area contributed by atoms with Gasteiger partial charge >= 0.3 is 0 Å². The van der Waals surface area contributed by atoms with Crippen LogP contribution in [0.15, 0.2) is 30.3 Å². The maximum absolute atomic E-state index is 11.0. The number of hydrogen-bond acceptors (Lipinski definition) is 3. The molecule has 0 radical (unpaired) electrons. The summed E-state index contributed by atoms with van der Waals surface area (Å²) >= 11 is 0. The van der Waals surface area contributed by atoms with Crippen molar-refractivity contribution in [3.63, 3.8) is 0 Å². The Morgan fingerprint density at radius 2 is 2.06 bits per heavy atom. The monoisotopic (exact) mass is 236 g/mol. The van der Waals surface area contributed by atoms with Gasteiger partial charge in [-0.05, 0) is 5.56 Å². The summed E-state index contributed by atoms with van der Waals surface area (Å²) in [5.41, 5.74) is 1.23. The van der Waals surface area contributed by atoms with Crippen LogP contribution in [0.25, 0.3) is 0 Å². The predicted molar refractivity (Wildman–Crippen MR) is 67.6 cm³/mol. The van der Waals surface area contributed by atoms with Gasteiger partial charge in [0.15, 0.2) is 0 Å². The van der Waals surface area contributed by atoms with E-state index in [0.29, 0.717) is 13.2 Å². The van der Waals surface area contributed by atoms with E-state index in [-0.39, 0.29) is 11.9 Å². The van der Waals surface area contributed by atoms with Gasteiger partial charge in [0.25, 0.3) is 0 Å². The van der Waals surface area contributed by atoms with E-state index in [4.69, 9.17) is 4.74 Å². The largest absolute Gasteiger partial charge is 0.383 e. The molecule has 94 valence electrons. The molecule has 4 heteroatoms. The van der Waals surface area contributed by atoms with Crippen LogP contribution < -0.4 is 10.6 Å². The quantitative estimate of drug-likeness (QED) is 0.740. The predicted octanol–water partition coefficient (Wildman–Crippen LogP) is 0.927. The summed E-state index contributed by atoms with van der Waals surface area (Å²) in [4.78, 5) is 11.0. The molecule has 0 aromatic heterocycles. The molecule has 0 bridgehead atoms. The van der Waals surface area contributed by atoms with Crippen molar-refractivity contribution in [2.45, 2.75) is 19.5 Å². The lowest BCUT2D eigenvalue weighted by molar-refractivity contribution is -0.120. The van der Waals surface area contributed by atoms with Crippen LogP contribution >= 0.6 is 0 Å². The van der Waals surface area contributed by atoms with E-state index in [1.165, 1.54) is 12.5 Å². The molecular weight excluding hydrogens is 216 g/mol. The van der Waals surface area contributed by atoms with Gasteiger partial charge in [-0.25, -0.2) is 0 Å². The van der Waals surface area contributed by atoms with Gasteiger partial charge in [0.2, 0.25) is 5.91 Å². The maximum atomic E-state index is 11.0. The third-order valence-electron chi connectivity index (χ3n) is 2.34. The van der Waals surface area contributed by atoms with E-state index < -0.39 is 0 Å². The van der Waals surface area contributed by atoms with Crippen LogP contribution in [0.1, 0.15) is 12.5 Å². The normalized spacial score (nSPS) is 12.1. The molecule has 2 N–H and O–H groups in total. The highest BCUT2D eigenvalue weighted by Crippen LogP contribution is 1.97. The molecular formula is C13H20N2O2. The number of ether oxygens (including phenoxy) is 1. The zero-order valence-electron chi connectivity index (χ0n) is 10.4. The molecule has 0 saturated carbocycles. The first-order valence-electron chi connectivity index (χ1n) is 5.73. The van der Waals surface area contributed by atoms with Gasteiger partial charge in [-0.15, -0.1) is 0 Å². The lowest BCUT2D eigenvalue weighted by Gasteiger charge is -2.17. The molecule has 0 fully saturated rings. The fourth-order valence-corrected chi connectivity index (χ4v) is 1.63. The molecule has 1 atom stereocenters. The Bertz CT molecular complexity index is 327. The number of rotatable bonds is 7. The van der Waals surface area contributed by atoms with Crippen molar-refractivity contribution in [2.75, 3.05) is 20.3 Å². The number of methoxy groups -OCH3 is 1. The topological polar surface area (TPSA) is 50.4 Å². The molecule has 0 aliphatic heterocycles. The summed E-state index contributed by atoms with van der Waals surface area (Å²) in [6, 6.07) is 10.2. The maximum Gasteiger partial charge on any atom is 0.217 e. The highest BCUT2D eigenvalue weighted by Gasteiger charge is 2.08. The van der Waals surface area contributed by atoms with Gasteiger partial charge in [0, 0.05) is 27.1 Å². The Balaban J connectivity index is 2.29. The van der Waals surface area contributed by atoms with E-state index in [1.54, 1.807) is 7.11 Å². The van der Waals surface area contributed by atoms with E-state index >= 15 is 0 Å². The van der Waals surface area contributed by atoms with Gasteiger partial charge in [-0.2, -0.15) is 0 Å². The second-order valence-electron chi connectivity index (χ2n) is 3.97. The lowest BCUT2D eigenvalue weighted by atomic mass is 10.2. The average Bonchev–Trinajstić information content (AvgIpc) is 2.30. The minimum Gasteiger partial charge on any atom is -0.383 e. The number of hydrogen-bond donors (Lipinski definition) is 2. The summed E-state index contributed by atoms with van der Waals surface area (Å²) < 4.78 is 5.05. The van der Waals surface area contributed by atoms with Crippen LogP contribution in [0, 0.1) is 0 Å². The Kier molecular flexibility index (Phi) is 6.29. The molecule has 0 saturated heterocycles. The van der Waals surface area contributed by atoms with Gasteiger partial charge in [-0.3, -0.25) is 4.79 Å². The molecule has 0 spiro atoms. The van der Waals surface area contributed by atoms with Crippen molar-refractivity contribution in [3.8, 4) is 0 Å². The SMILES string of the molecule is COC[C@@H](CNCc1ccccc1)NC(C)=O. The van der Waals surface area contributed by atoms with Crippen molar-refractivity contribution < 1.29 is 9.53 Å². The third kappa shape index (κ3) is 6.04. The molecule has 0 heterocycles. The molecule has 17 heavy (non-hydrogen) atoms. The van der Waals surface area contributed by atoms with E-state index in [0.717, 1.165) is 6.54 Å². The first kappa shape index (κ1) is 13.7. The Labute approximate surface area is 102 Å². The number of carbonyl (C=O) groups is 1. The number of benzene rings is 1. The van der Waals surface area contributed by atoms with Gasteiger partial charge in [0.1, 0.15) is 0 Å². The number of amides is 1. The van der Waals surface area contributed by atoms with E-state index in [1.807, 2.05) is 18.2 Å².